The summed E-state index contributed by atoms with van der Waals surface area (Å²) in [7, 11) is 1.37. The maximum absolute atomic E-state index is 14.7. The normalized spacial score (nSPS) is 20.8. The summed E-state index contributed by atoms with van der Waals surface area (Å²) in [6.07, 6.45) is 9.17. The topological polar surface area (TPSA) is 68.2 Å². The van der Waals surface area contributed by atoms with Crippen molar-refractivity contribution in [2.45, 2.75) is 91.8 Å². The van der Waals surface area contributed by atoms with Crippen molar-refractivity contribution >= 4 is 40.8 Å². The van der Waals surface area contributed by atoms with Crippen LogP contribution in [0.5, 0.6) is 5.75 Å². The molecular weight excluding hydrogens is 595 g/mol. The highest BCUT2D eigenvalue weighted by atomic mass is 35.5. The molecule has 2 aliphatic rings. The molecule has 3 atom stereocenters. The molecule has 0 saturated heterocycles. The van der Waals surface area contributed by atoms with Gasteiger partial charge in [0.05, 0.1) is 35.4 Å². The fraction of sp³-hybridized carbons (Fsp3) is 0.528. The molecule has 1 amide bonds. The number of carbonyl (C=O) groups excluding carboxylic acids is 2. The summed E-state index contributed by atoms with van der Waals surface area (Å²) in [5.74, 6) is 0.744. The summed E-state index contributed by atoms with van der Waals surface area (Å²) in [5, 5.41) is 0.769. The van der Waals surface area contributed by atoms with Crippen molar-refractivity contribution in [3.05, 3.63) is 75.3 Å². The van der Waals surface area contributed by atoms with Crippen molar-refractivity contribution in [3.8, 4) is 5.75 Å². The second-order valence-electron chi connectivity index (χ2n) is 13.8. The van der Waals surface area contributed by atoms with E-state index in [0.29, 0.717) is 58.0 Å². The Kier molecular flexibility index (Phi) is 10.9. The van der Waals surface area contributed by atoms with Crippen molar-refractivity contribution < 1.29 is 19.1 Å². The number of allylic oxidation sites excluding steroid dienone is 1. The number of nitrogens with zero attached hydrogens (tertiary/aromatic N) is 2. The van der Waals surface area contributed by atoms with E-state index >= 15 is 0 Å². The average Bonchev–Trinajstić information content (AvgIpc) is 3.21. The van der Waals surface area contributed by atoms with Gasteiger partial charge in [0.15, 0.2) is 0 Å². The summed E-state index contributed by atoms with van der Waals surface area (Å²) in [5.41, 5.74) is 1.54. The molecule has 0 bridgehead atoms. The minimum absolute atomic E-state index is 0.0465. The fourth-order valence-electron chi connectivity index (χ4n) is 6.13. The van der Waals surface area contributed by atoms with Crippen LogP contribution in [0.1, 0.15) is 108 Å². The zero-order chi connectivity index (χ0) is 32.2. The summed E-state index contributed by atoms with van der Waals surface area (Å²) < 4.78 is 11.0. The van der Waals surface area contributed by atoms with Crippen molar-refractivity contribution in [1.29, 1.82) is 0 Å². The predicted molar refractivity (Wildman–Crippen MR) is 179 cm³/mol. The van der Waals surface area contributed by atoms with E-state index in [0.717, 1.165) is 31.2 Å². The Morgan fingerprint density at radius 1 is 1.11 bits per heavy atom. The number of hydrogen-bond donors (Lipinski definition) is 0. The van der Waals surface area contributed by atoms with Crippen LogP contribution in [0.2, 0.25) is 10.0 Å². The monoisotopic (exact) mass is 640 g/mol. The van der Waals surface area contributed by atoms with E-state index < -0.39 is 11.6 Å². The molecule has 238 valence electrons. The zero-order valence-corrected chi connectivity index (χ0v) is 28.6. The highest BCUT2D eigenvalue weighted by Crippen LogP contribution is 2.47. The summed E-state index contributed by atoms with van der Waals surface area (Å²) in [6.45, 7) is 13.7. The van der Waals surface area contributed by atoms with E-state index in [1.54, 1.807) is 24.3 Å². The highest BCUT2D eigenvalue weighted by molar-refractivity contribution is 6.50. The Labute approximate surface area is 272 Å². The Hall–Kier alpha value is -2.83. The first-order valence-corrected chi connectivity index (χ1v) is 16.4. The lowest BCUT2D eigenvalue weighted by Gasteiger charge is -2.44. The summed E-state index contributed by atoms with van der Waals surface area (Å²) in [6, 6.07) is 10.5. The fourth-order valence-corrected chi connectivity index (χ4v) is 6.66. The molecule has 1 aliphatic carbocycles. The number of hydrogen-bond acceptors (Lipinski definition) is 5. The Morgan fingerprint density at radius 2 is 1.82 bits per heavy atom. The van der Waals surface area contributed by atoms with E-state index in [4.69, 9.17) is 37.7 Å². The predicted octanol–water partition coefficient (Wildman–Crippen LogP) is 9.48. The molecule has 44 heavy (non-hydrogen) atoms. The number of methoxy groups -OCH3 is 1. The van der Waals surface area contributed by atoms with Crippen molar-refractivity contribution in [2.75, 3.05) is 13.7 Å². The molecule has 2 unspecified atom stereocenters. The minimum Gasteiger partial charge on any atom is -0.492 e. The average molecular weight is 642 g/mol. The van der Waals surface area contributed by atoms with E-state index in [1.807, 2.05) is 17.0 Å². The lowest BCUT2D eigenvalue weighted by molar-refractivity contribution is -0.132. The van der Waals surface area contributed by atoms with Crippen LogP contribution in [0.3, 0.4) is 0 Å². The molecule has 4 rings (SSSR count). The molecule has 0 saturated carbocycles. The van der Waals surface area contributed by atoms with Gasteiger partial charge in [-0.25, -0.2) is 4.79 Å². The van der Waals surface area contributed by atoms with Crippen LogP contribution in [0.4, 0.5) is 0 Å². The third-order valence-electron chi connectivity index (χ3n) is 8.40. The quantitative estimate of drug-likeness (QED) is 0.139. The number of carbonyl (C=O) groups is 2. The third-order valence-corrected chi connectivity index (χ3v) is 9.01. The van der Waals surface area contributed by atoms with Gasteiger partial charge < -0.3 is 14.4 Å². The van der Waals surface area contributed by atoms with Crippen LogP contribution in [0.25, 0.3) is 0 Å². The smallest absolute Gasteiger partial charge is 0.337 e. The van der Waals surface area contributed by atoms with Crippen LogP contribution in [0, 0.1) is 17.3 Å². The van der Waals surface area contributed by atoms with Gasteiger partial charge in [0, 0.05) is 12.0 Å². The van der Waals surface area contributed by atoms with Gasteiger partial charge in [-0.15, -0.1) is 0 Å². The molecule has 1 spiro atoms. The van der Waals surface area contributed by atoms with Gasteiger partial charge in [-0.3, -0.25) is 9.79 Å². The van der Waals surface area contributed by atoms with Gasteiger partial charge in [-0.1, -0.05) is 89.0 Å². The number of aliphatic imine (C=N–C) groups is 1. The zero-order valence-electron chi connectivity index (χ0n) is 27.1. The Balaban J connectivity index is 1.78. The maximum Gasteiger partial charge on any atom is 0.337 e. The SMILES string of the molecule is COC(=O)c1ccc([C@@H](CCC(C)(C)C)N2C(=O)C(c3cc(OCCCC(C)C)c(Cl)cc3Cl)=NC23CC=CC(C)C3)cc1. The molecule has 0 fully saturated rings. The number of halogens is 2. The number of amides is 1. The number of esters is 1. The first kappa shape index (κ1) is 34.1. The molecular formula is C36H46Cl2N2O4. The first-order valence-electron chi connectivity index (χ1n) is 15.7. The van der Waals surface area contributed by atoms with E-state index in [9.17, 15) is 9.59 Å². The van der Waals surface area contributed by atoms with Gasteiger partial charge in [-0.2, -0.15) is 0 Å². The first-order chi connectivity index (χ1) is 20.7. The van der Waals surface area contributed by atoms with E-state index in [-0.39, 0.29) is 23.3 Å². The number of ether oxygens (including phenoxy) is 2. The van der Waals surface area contributed by atoms with Gasteiger partial charge in [0.2, 0.25) is 0 Å². The summed E-state index contributed by atoms with van der Waals surface area (Å²) in [4.78, 5) is 34.1. The van der Waals surface area contributed by atoms with Crippen LogP contribution in [-0.2, 0) is 9.53 Å². The van der Waals surface area contributed by atoms with Gasteiger partial charge in [0.25, 0.3) is 5.91 Å². The molecule has 0 radical (unpaired) electrons. The van der Waals surface area contributed by atoms with Crippen molar-refractivity contribution in [3.63, 3.8) is 0 Å². The van der Waals surface area contributed by atoms with Gasteiger partial charge in [-0.05, 0) is 79.2 Å². The van der Waals surface area contributed by atoms with Crippen LogP contribution in [-0.4, -0.2) is 41.9 Å². The Morgan fingerprint density at radius 3 is 2.43 bits per heavy atom. The Bertz CT molecular complexity index is 1410. The molecule has 6 nitrogen and oxygen atoms in total. The molecule has 2 aromatic carbocycles. The molecule has 1 aliphatic heterocycles. The molecule has 8 heteroatoms. The second-order valence-corrected chi connectivity index (χ2v) is 14.6. The number of rotatable bonds is 11. The highest BCUT2D eigenvalue weighted by Gasteiger charge is 2.51. The summed E-state index contributed by atoms with van der Waals surface area (Å²) >= 11 is 13.3. The minimum atomic E-state index is -0.772. The van der Waals surface area contributed by atoms with Gasteiger partial charge in [0.1, 0.15) is 17.1 Å². The lowest BCUT2D eigenvalue weighted by atomic mass is 9.82. The number of benzene rings is 2. The molecule has 0 aromatic heterocycles. The van der Waals surface area contributed by atoms with Gasteiger partial charge >= 0.3 is 5.97 Å². The van der Waals surface area contributed by atoms with Crippen LogP contribution < -0.4 is 4.74 Å². The van der Waals surface area contributed by atoms with Crippen molar-refractivity contribution in [2.24, 2.45) is 22.2 Å². The third kappa shape index (κ3) is 7.87. The largest absolute Gasteiger partial charge is 0.492 e. The van der Waals surface area contributed by atoms with Crippen LogP contribution >= 0.6 is 23.2 Å². The second kappa shape index (κ2) is 14.1. The maximum atomic E-state index is 14.7. The molecule has 1 heterocycles. The van der Waals surface area contributed by atoms with E-state index in [1.165, 1.54) is 7.11 Å². The lowest BCUT2D eigenvalue weighted by Crippen LogP contribution is -2.50. The molecule has 2 aromatic rings. The standard InChI is InChI=1S/C36H46Cl2N2O4/c1-23(2)10-9-19-44-31-20-27(28(37)21-29(31)38)32-33(41)40(36(39-32)17-8-11-24(3)22-36)30(16-18-35(4,5)6)25-12-14-26(15-13-25)34(42)43-7/h8,11-15,20-21,23-24,30H,9-10,16-19,22H2,1-7H3/t24?,30-,36?/m1/s1. The molecule has 0 N–H and O–H groups in total. The van der Waals surface area contributed by atoms with Crippen molar-refractivity contribution in [1.82, 2.24) is 4.90 Å². The van der Waals surface area contributed by atoms with Crippen LogP contribution in [0.15, 0.2) is 53.5 Å². The van der Waals surface area contributed by atoms with E-state index in [2.05, 4.69) is 53.7 Å².